The molecule has 1 saturated carbocycles. The number of pyridine rings is 1. The maximum Gasteiger partial charge on any atom is 0.416 e. The number of aliphatic hydroxyl groups excluding tert-OH is 1. The molecule has 5 rings (SSSR count). The normalized spacial score (nSPS) is 19.9. The van der Waals surface area contributed by atoms with Gasteiger partial charge in [0, 0.05) is 44.2 Å². The van der Waals surface area contributed by atoms with Crippen molar-refractivity contribution < 1.29 is 36.2 Å². The van der Waals surface area contributed by atoms with E-state index in [-0.39, 0.29) is 36.1 Å². The molecule has 0 radical (unpaired) electrons. The number of benzene rings is 2. The van der Waals surface area contributed by atoms with E-state index in [1.807, 2.05) is 30.3 Å². The fourth-order valence-electron chi connectivity index (χ4n) is 6.87. The number of halogens is 3. The third kappa shape index (κ3) is 8.43. The van der Waals surface area contributed by atoms with E-state index < -0.39 is 45.4 Å². The number of carbonyl (C=O) groups excluding carboxylic acids is 1. The van der Waals surface area contributed by atoms with E-state index in [4.69, 9.17) is 4.74 Å². The highest BCUT2D eigenvalue weighted by atomic mass is 32.2. The molecular weight excluding hydrogens is 645 g/mol. The number of aromatic nitrogens is 1. The summed E-state index contributed by atoms with van der Waals surface area (Å²) in [5.41, 5.74) is -0.115. The first kappa shape index (κ1) is 35.9. The molecule has 2 aromatic carbocycles. The Morgan fingerprint density at radius 2 is 1.81 bits per heavy atom. The fraction of sp³-hybridized carbons (Fsp3) is 0.486. The molecule has 3 N–H and O–H groups in total. The van der Waals surface area contributed by atoms with Crippen LogP contribution in [0.4, 0.5) is 13.2 Å². The predicted octanol–water partition coefficient (Wildman–Crippen LogP) is 5.05. The van der Waals surface area contributed by atoms with Crippen LogP contribution in [0.2, 0.25) is 0 Å². The van der Waals surface area contributed by atoms with Crippen LogP contribution in [-0.4, -0.2) is 73.7 Å². The Balaban J connectivity index is 1.36. The van der Waals surface area contributed by atoms with Gasteiger partial charge in [-0.2, -0.15) is 17.5 Å². The largest absolute Gasteiger partial charge is 0.416 e. The lowest BCUT2D eigenvalue weighted by Gasteiger charge is -2.40. The van der Waals surface area contributed by atoms with Crippen LogP contribution in [0.3, 0.4) is 0 Å². The quantitative estimate of drug-likeness (QED) is 0.230. The van der Waals surface area contributed by atoms with Crippen molar-refractivity contribution in [2.45, 2.75) is 86.2 Å². The zero-order valence-electron chi connectivity index (χ0n) is 27.0. The first-order valence-corrected chi connectivity index (χ1v) is 17.8. The second-order valence-electron chi connectivity index (χ2n) is 12.7. The zero-order chi connectivity index (χ0) is 34.4. The van der Waals surface area contributed by atoms with Crippen LogP contribution in [0.5, 0.6) is 0 Å². The van der Waals surface area contributed by atoms with Gasteiger partial charge in [0.1, 0.15) is 4.90 Å². The molecule has 0 bridgehead atoms. The molecule has 2 fully saturated rings. The molecule has 3 atom stereocenters. The molecule has 1 saturated heterocycles. The summed E-state index contributed by atoms with van der Waals surface area (Å²) in [5.74, 6) is -0.611. The van der Waals surface area contributed by atoms with Gasteiger partial charge in [0.25, 0.3) is 5.91 Å². The van der Waals surface area contributed by atoms with Crippen LogP contribution in [0.25, 0.3) is 0 Å². The van der Waals surface area contributed by atoms with Crippen molar-refractivity contribution in [2.75, 3.05) is 26.8 Å². The number of hydrogen-bond donors (Lipinski definition) is 3. The lowest BCUT2D eigenvalue weighted by atomic mass is 9.76. The second kappa shape index (κ2) is 15.5. The van der Waals surface area contributed by atoms with Crippen molar-refractivity contribution in [3.05, 3.63) is 95.3 Å². The van der Waals surface area contributed by atoms with Gasteiger partial charge in [0.15, 0.2) is 0 Å². The summed E-state index contributed by atoms with van der Waals surface area (Å²) in [7, 11) is -2.43. The van der Waals surface area contributed by atoms with Crippen LogP contribution in [0.1, 0.15) is 72.0 Å². The lowest BCUT2D eigenvalue weighted by molar-refractivity contribution is -0.137. The number of nitrogens with one attached hydrogen (secondary N) is 2. The number of methoxy groups -OCH3 is 1. The Bertz CT molecular complexity index is 1630. The lowest BCUT2D eigenvalue weighted by Crippen LogP contribution is -2.53. The summed E-state index contributed by atoms with van der Waals surface area (Å²) in [5, 5.41) is 17.9. The number of carbonyl (C=O) groups is 1. The molecule has 3 aromatic rings. The minimum absolute atomic E-state index is 0.00343. The number of sulfonamides is 1. The molecule has 1 aliphatic carbocycles. The number of amides is 1. The van der Waals surface area contributed by atoms with Crippen molar-refractivity contribution >= 4 is 15.9 Å². The van der Waals surface area contributed by atoms with E-state index >= 15 is 0 Å². The van der Waals surface area contributed by atoms with Crippen LogP contribution in [-0.2, 0) is 32.9 Å². The van der Waals surface area contributed by atoms with E-state index in [1.54, 1.807) is 6.07 Å². The fourth-order valence-corrected chi connectivity index (χ4v) is 8.53. The van der Waals surface area contributed by atoms with Gasteiger partial charge >= 0.3 is 6.18 Å². The Morgan fingerprint density at radius 3 is 2.52 bits per heavy atom. The van der Waals surface area contributed by atoms with Crippen LogP contribution in [0.15, 0.2) is 78.0 Å². The Labute approximate surface area is 280 Å². The average molecular weight is 689 g/mol. The number of alkyl halides is 3. The first-order chi connectivity index (χ1) is 22.9. The topological polar surface area (TPSA) is 121 Å². The standard InChI is InChI=1S/C35H43F3N4O5S/c1-47-24-29-14-9-17-42(29)48(45,46)30-19-26(21-39-22-30)33(44)41-31(18-25-10-4-2-5-11-25)32(43)23-40-34(15-6-3-7-16-34)27-12-8-13-28(20-27)35(36,37)38/h2,4-5,8,10-13,19-22,29,31-32,40,43H,3,6-7,9,14-18,23-24H2,1H3,(H,41,44)/t29?,31-,32+/m0/s1. The molecular formula is C35H43F3N4O5S. The van der Waals surface area contributed by atoms with Crippen molar-refractivity contribution in [3.63, 3.8) is 0 Å². The van der Waals surface area contributed by atoms with E-state index in [0.717, 1.165) is 30.9 Å². The summed E-state index contributed by atoms with van der Waals surface area (Å²) in [6.07, 6.45) is 2.30. The smallest absolute Gasteiger partial charge is 0.390 e. The zero-order valence-corrected chi connectivity index (χ0v) is 27.8. The second-order valence-corrected chi connectivity index (χ2v) is 14.6. The average Bonchev–Trinajstić information content (AvgIpc) is 3.57. The molecule has 1 unspecified atom stereocenters. The summed E-state index contributed by atoms with van der Waals surface area (Å²) >= 11 is 0. The number of ether oxygens (including phenoxy) is 1. The van der Waals surface area contributed by atoms with Gasteiger partial charge < -0.3 is 20.5 Å². The molecule has 2 aliphatic rings. The van der Waals surface area contributed by atoms with Crippen molar-refractivity contribution in [2.24, 2.45) is 0 Å². The highest BCUT2D eigenvalue weighted by molar-refractivity contribution is 7.89. The maximum atomic E-state index is 13.6. The molecule has 0 spiro atoms. The van der Waals surface area contributed by atoms with E-state index in [1.165, 1.54) is 42.0 Å². The number of aliphatic hydroxyl groups is 1. The summed E-state index contributed by atoms with van der Waals surface area (Å²) < 4.78 is 74.5. The van der Waals surface area contributed by atoms with Crippen LogP contribution >= 0.6 is 0 Å². The van der Waals surface area contributed by atoms with Crippen LogP contribution < -0.4 is 10.6 Å². The van der Waals surface area contributed by atoms with Gasteiger partial charge in [0.2, 0.25) is 10.0 Å². The highest BCUT2D eigenvalue weighted by Crippen LogP contribution is 2.39. The molecule has 13 heteroatoms. The number of hydrogen-bond acceptors (Lipinski definition) is 7. The molecule has 9 nitrogen and oxygen atoms in total. The molecule has 1 aromatic heterocycles. The maximum absolute atomic E-state index is 13.6. The molecule has 1 amide bonds. The molecule has 260 valence electrons. The van der Waals surface area contributed by atoms with E-state index in [2.05, 4.69) is 15.6 Å². The summed E-state index contributed by atoms with van der Waals surface area (Å²) in [4.78, 5) is 17.6. The number of rotatable bonds is 13. The Kier molecular flexibility index (Phi) is 11.6. The first-order valence-electron chi connectivity index (χ1n) is 16.3. The number of nitrogens with zero attached hydrogens (tertiary/aromatic N) is 2. The van der Waals surface area contributed by atoms with Crippen molar-refractivity contribution in [3.8, 4) is 0 Å². The SMILES string of the molecule is COCC1CCCN1S(=O)(=O)c1cncc(C(=O)N[C@@H](Cc2ccccc2)[C@H](O)CNC2(c3cccc(C(F)(F)F)c3)CCCCC2)c1. The third-order valence-electron chi connectivity index (χ3n) is 9.44. The van der Waals surface area contributed by atoms with Gasteiger partial charge in [-0.15, -0.1) is 0 Å². The van der Waals surface area contributed by atoms with Gasteiger partial charge in [-0.3, -0.25) is 9.78 Å². The predicted molar refractivity (Wildman–Crippen MR) is 175 cm³/mol. The summed E-state index contributed by atoms with van der Waals surface area (Å²) in [6, 6.07) is 14.8. The minimum atomic E-state index is -4.48. The molecule has 2 heterocycles. The third-order valence-corrected chi connectivity index (χ3v) is 11.4. The van der Waals surface area contributed by atoms with Crippen molar-refractivity contribution in [1.82, 2.24) is 19.9 Å². The molecule has 48 heavy (non-hydrogen) atoms. The summed E-state index contributed by atoms with van der Waals surface area (Å²) in [6.45, 7) is 0.596. The van der Waals surface area contributed by atoms with E-state index in [0.29, 0.717) is 37.8 Å². The van der Waals surface area contributed by atoms with Crippen molar-refractivity contribution in [1.29, 1.82) is 0 Å². The Morgan fingerprint density at radius 1 is 1.06 bits per heavy atom. The molecule has 1 aliphatic heterocycles. The monoisotopic (exact) mass is 688 g/mol. The van der Waals surface area contributed by atoms with Crippen LogP contribution in [0, 0.1) is 0 Å². The van der Waals surface area contributed by atoms with Gasteiger partial charge in [-0.1, -0.05) is 61.7 Å². The Hall–Kier alpha value is -3.36. The van der Waals surface area contributed by atoms with E-state index in [9.17, 15) is 31.5 Å². The van der Waals surface area contributed by atoms with Gasteiger partial charge in [-0.25, -0.2) is 8.42 Å². The van der Waals surface area contributed by atoms with Gasteiger partial charge in [0.05, 0.1) is 29.9 Å². The van der Waals surface area contributed by atoms with Gasteiger partial charge in [-0.05, 0) is 61.4 Å². The minimum Gasteiger partial charge on any atom is -0.390 e. The highest BCUT2D eigenvalue weighted by Gasteiger charge is 2.38.